The van der Waals surface area contributed by atoms with Crippen molar-refractivity contribution in [1.29, 1.82) is 0 Å². The molecule has 31 heavy (non-hydrogen) atoms. The third kappa shape index (κ3) is 3.49. The summed E-state index contributed by atoms with van der Waals surface area (Å²) in [6.07, 6.45) is -5.86. The molecular weight excluding hydrogens is 416 g/mol. The first-order valence-electron chi connectivity index (χ1n) is 9.05. The summed E-state index contributed by atoms with van der Waals surface area (Å²) >= 11 is 0. The molecule has 0 bridgehead atoms. The Labute approximate surface area is 173 Å². The van der Waals surface area contributed by atoms with E-state index in [9.17, 15) is 40.5 Å². The van der Waals surface area contributed by atoms with E-state index in [1.165, 1.54) is 6.07 Å². The number of rotatable bonds is 4. The third-order valence-corrected chi connectivity index (χ3v) is 4.89. The number of fused-ring (bicyclic) bond motifs is 1. The Balaban J connectivity index is 1.92. The highest BCUT2D eigenvalue weighted by Crippen LogP contribution is 2.39. The number of hydrogen-bond donors (Lipinski definition) is 7. The quantitative estimate of drug-likeness (QED) is 0.276. The maximum Gasteiger partial charge on any atom is 0.239 e. The van der Waals surface area contributed by atoms with Crippen LogP contribution in [0.2, 0.25) is 0 Å². The van der Waals surface area contributed by atoms with E-state index in [1.54, 1.807) is 0 Å². The van der Waals surface area contributed by atoms with Crippen LogP contribution in [-0.4, -0.2) is 67.0 Å². The molecule has 1 aliphatic heterocycles. The molecule has 2 heterocycles. The largest absolute Gasteiger partial charge is 0.508 e. The topological polar surface area (TPSA) is 190 Å². The Bertz CT molecular complexity index is 1200. The molecule has 1 saturated heterocycles. The molecule has 0 amide bonds. The van der Waals surface area contributed by atoms with Crippen molar-refractivity contribution in [1.82, 2.24) is 0 Å². The van der Waals surface area contributed by atoms with Crippen LogP contribution in [-0.2, 0) is 4.74 Å². The Kier molecular flexibility index (Phi) is 5.11. The molecule has 3 aromatic rings. The minimum Gasteiger partial charge on any atom is -0.508 e. The van der Waals surface area contributed by atoms with E-state index >= 15 is 0 Å². The molecule has 11 heteroatoms. The molecule has 164 valence electrons. The fraction of sp³-hybridized carbons (Fsp3) is 0.250. The summed E-state index contributed by atoms with van der Waals surface area (Å²) in [5, 5.41) is 68.3. The summed E-state index contributed by atoms with van der Waals surface area (Å²) < 4.78 is 16.4. The summed E-state index contributed by atoms with van der Waals surface area (Å²) in [7, 11) is 0. The molecule has 0 unspecified atom stereocenters. The Hall–Kier alpha value is -3.51. The fourth-order valence-corrected chi connectivity index (χ4v) is 3.31. The van der Waals surface area contributed by atoms with E-state index in [1.807, 2.05) is 0 Å². The van der Waals surface area contributed by atoms with Crippen LogP contribution in [0.1, 0.15) is 0 Å². The molecule has 0 aliphatic carbocycles. The number of aliphatic hydroxyl groups excluding tert-OH is 3. The minimum absolute atomic E-state index is 0.0684. The van der Waals surface area contributed by atoms with Gasteiger partial charge in [0.25, 0.3) is 0 Å². The van der Waals surface area contributed by atoms with Crippen molar-refractivity contribution in [2.45, 2.75) is 24.6 Å². The lowest BCUT2D eigenvalue weighted by molar-refractivity contribution is -0.117. The molecule has 1 aromatic heterocycles. The van der Waals surface area contributed by atoms with Crippen LogP contribution in [0.3, 0.4) is 0 Å². The second-order valence-electron chi connectivity index (χ2n) is 6.96. The molecule has 0 spiro atoms. The fourth-order valence-electron chi connectivity index (χ4n) is 3.31. The van der Waals surface area contributed by atoms with E-state index in [0.29, 0.717) is 0 Å². The predicted octanol–water partition coefficient (Wildman–Crippen LogP) is 0.100. The molecule has 1 fully saturated rings. The lowest BCUT2D eigenvalue weighted by atomic mass is 10.1. The van der Waals surface area contributed by atoms with E-state index in [4.69, 9.17) is 13.9 Å². The number of phenols is 4. The molecule has 2 aromatic carbocycles. The number of ether oxygens (including phenoxy) is 2. The Morgan fingerprint density at radius 1 is 0.935 bits per heavy atom. The van der Waals surface area contributed by atoms with Crippen LogP contribution in [0.5, 0.6) is 28.7 Å². The van der Waals surface area contributed by atoms with E-state index < -0.39 is 59.6 Å². The molecule has 0 radical (unpaired) electrons. The highest BCUT2D eigenvalue weighted by Gasteiger charge is 2.44. The maximum atomic E-state index is 13.1. The zero-order valence-corrected chi connectivity index (χ0v) is 15.7. The third-order valence-electron chi connectivity index (χ3n) is 4.89. The van der Waals surface area contributed by atoms with Crippen molar-refractivity contribution in [3.63, 3.8) is 0 Å². The van der Waals surface area contributed by atoms with Crippen LogP contribution in [0, 0.1) is 0 Å². The first-order chi connectivity index (χ1) is 14.7. The van der Waals surface area contributed by atoms with Gasteiger partial charge in [-0.25, -0.2) is 0 Å². The van der Waals surface area contributed by atoms with Gasteiger partial charge in [-0.3, -0.25) is 4.79 Å². The Morgan fingerprint density at radius 3 is 2.32 bits per heavy atom. The number of aliphatic hydroxyl groups is 3. The standard InChI is InChI=1S/C20H18O11/c21-6-13-15(26)17(28)20(30-13)31-19-16(27)14-11(25)4-8(22)5-12(14)29-18(19)7-1-2-9(23)10(24)3-7/h1-5,13,15,17,20-26,28H,6H2/t13-,15-,17-,20-/m1/s1. The molecule has 4 atom stereocenters. The molecule has 7 N–H and O–H groups in total. The maximum absolute atomic E-state index is 13.1. The van der Waals surface area contributed by atoms with Crippen molar-refractivity contribution < 1.29 is 49.6 Å². The van der Waals surface area contributed by atoms with Gasteiger partial charge in [0, 0.05) is 17.7 Å². The van der Waals surface area contributed by atoms with Gasteiger partial charge >= 0.3 is 0 Å². The van der Waals surface area contributed by atoms with Gasteiger partial charge in [-0.2, -0.15) is 0 Å². The van der Waals surface area contributed by atoms with Gasteiger partial charge in [-0.15, -0.1) is 0 Å². The minimum atomic E-state index is -1.62. The van der Waals surface area contributed by atoms with Crippen LogP contribution in [0.4, 0.5) is 0 Å². The normalized spacial score (nSPS) is 23.3. The van der Waals surface area contributed by atoms with Crippen LogP contribution in [0.15, 0.2) is 39.5 Å². The van der Waals surface area contributed by atoms with Gasteiger partial charge in [0.05, 0.1) is 6.61 Å². The predicted molar refractivity (Wildman–Crippen MR) is 103 cm³/mol. The smallest absolute Gasteiger partial charge is 0.239 e. The highest BCUT2D eigenvalue weighted by molar-refractivity contribution is 5.88. The van der Waals surface area contributed by atoms with Crippen LogP contribution >= 0.6 is 0 Å². The average molecular weight is 434 g/mol. The van der Waals surface area contributed by atoms with E-state index in [2.05, 4.69) is 0 Å². The molecule has 0 saturated carbocycles. The second kappa shape index (κ2) is 7.63. The number of phenolic OH excluding ortho intramolecular Hbond substituents is 4. The summed E-state index contributed by atoms with van der Waals surface area (Å²) in [6.45, 7) is -0.622. The van der Waals surface area contributed by atoms with Gasteiger partial charge in [-0.1, -0.05) is 0 Å². The number of benzene rings is 2. The second-order valence-corrected chi connectivity index (χ2v) is 6.96. The van der Waals surface area contributed by atoms with Crippen molar-refractivity contribution in [3.8, 4) is 40.1 Å². The summed E-state index contributed by atoms with van der Waals surface area (Å²) in [4.78, 5) is 13.1. The van der Waals surface area contributed by atoms with Crippen molar-refractivity contribution in [3.05, 3.63) is 40.6 Å². The number of aromatic hydroxyl groups is 4. The lowest BCUT2D eigenvalue weighted by Gasteiger charge is -2.19. The summed E-state index contributed by atoms with van der Waals surface area (Å²) in [5.74, 6) is -2.78. The van der Waals surface area contributed by atoms with Crippen molar-refractivity contribution >= 4 is 11.0 Å². The van der Waals surface area contributed by atoms with E-state index in [-0.39, 0.29) is 28.0 Å². The van der Waals surface area contributed by atoms with Gasteiger partial charge in [0.2, 0.25) is 17.5 Å². The number of hydrogen-bond acceptors (Lipinski definition) is 11. The SMILES string of the molecule is O=c1c(O[C@H]2O[C@H](CO)[C@@H](O)[C@H]2O)c(-c2ccc(O)c(O)c2)oc2cc(O)cc(O)c12. The van der Waals surface area contributed by atoms with Gasteiger partial charge < -0.3 is 49.6 Å². The van der Waals surface area contributed by atoms with Gasteiger partial charge in [0.1, 0.15) is 40.8 Å². The highest BCUT2D eigenvalue weighted by atomic mass is 16.7. The summed E-state index contributed by atoms with van der Waals surface area (Å²) in [5.41, 5.74) is -1.04. The molecule has 4 rings (SSSR count). The molecule has 11 nitrogen and oxygen atoms in total. The van der Waals surface area contributed by atoms with Crippen molar-refractivity contribution in [2.75, 3.05) is 6.61 Å². The van der Waals surface area contributed by atoms with Crippen molar-refractivity contribution in [2.24, 2.45) is 0 Å². The van der Waals surface area contributed by atoms with Gasteiger partial charge in [-0.05, 0) is 18.2 Å². The zero-order chi connectivity index (χ0) is 22.4. The lowest BCUT2D eigenvalue weighted by Crippen LogP contribution is -2.36. The van der Waals surface area contributed by atoms with Gasteiger partial charge in [0.15, 0.2) is 17.3 Å². The van der Waals surface area contributed by atoms with Crippen LogP contribution in [0.25, 0.3) is 22.3 Å². The van der Waals surface area contributed by atoms with E-state index in [0.717, 1.165) is 24.3 Å². The zero-order valence-electron chi connectivity index (χ0n) is 15.7. The molecular formula is C20H18O11. The first-order valence-corrected chi connectivity index (χ1v) is 9.05. The average Bonchev–Trinajstić information content (AvgIpc) is 2.99. The monoisotopic (exact) mass is 434 g/mol. The summed E-state index contributed by atoms with van der Waals surface area (Å²) in [6, 6.07) is 5.50. The first kappa shape index (κ1) is 20.8. The Morgan fingerprint density at radius 2 is 1.68 bits per heavy atom. The molecule has 1 aliphatic rings. The van der Waals surface area contributed by atoms with Crippen LogP contribution < -0.4 is 10.2 Å².